The molecular weight excluding hydrogens is 232 g/mol. The third-order valence-corrected chi connectivity index (χ3v) is 3.26. The Morgan fingerprint density at radius 2 is 2.33 bits per heavy atom. The van der Waals surface area contributed by atoms with Gasteiger partial charge in [0.1, 0.15) is 0 Å². The van der Waals surface area contributed by atoms with E-state index in [0.717, 1.165) is 16.6 Å². The lowest BCUT2D eigenvalue weighted by Gasteiger charge is -2.16. The minimum atomic E-state index is -0.421. The van der Waals surface area contributed by atoms with E-state index in [9.17, 15) is 9.59 Å². The molecule has 2 aromatic rings. The van der Waals surface area contributed by atoms with Gasteiger partial charge in [-0.15, -0.1) is 0 Å². The van der Waals surface area contributed by atoms with Crippen molar-refractivity contribution >= 4 is 28.4 Å². The second-order valence-corrected chi connectivity index (χ2v) is 4.45. The van der Waals surface area contributed by atoms with Gasteiger partial charge in [0.25, 0.3) is 0 Å². The van der Waals surface area contributed by atoms with Crippen molar-refractivity contribution in [2.45, 2.75) is 6.42 Å². The lowest BCUT2D eigenvalue weighted by molar-refractivity contribution is -0.123. The fraction of sp³-hybridized carbons (Fsp3) is 0.250. The number of aromatic nitrogens is 2. The fourth-order valence-corrected chi connectivity index (χ4v) is 2.25. The molecule has 3 N–H and O–H groups in total. The van der Waals surface area contributed by atoms with Crippen LogP contribution in [0.1, 0.15) is 6.42 Å². The van der Waals surface area contributed by atoms with Gasteiger partial charge in [-0.3, -0.25) is 14.7 Å². The number of carbonyl (C=O) groups is 2. The Kier molecular flexibility index (Phi) is 2.29. The van der Waals surface area contributed by atoms with Gasteiger partial charge in [0.2, 0.25) is 11.8 Å². The summed E-state index contributed by atoms with van der Waals surface area (Å²) >= 11 is 0. The highest BCUT2D eigenvalue weighted by molar-refractivity contribution is 6.01. The summed E-state index contributed by atoms with van der Waals surface area (Å²) in [7, 11) is 0. The minimum Gasteiger partial charge on any atom is -0.369 e. The molecule has 6 heteroatoms. The van der Waals surface area contributed by atoms with Crippen molar-refractivity contribution < 1.29 is 9.59 Å². The van der Waals surface area contributed by atoms with E-state index in [2.05, 4.69) is 10.2 Å². The first-order chi connectivity index (χ1) is 8.65. The minimum absolute atomic E-state index is 0.0679. The van der Waals surface area contributed by atoms with Gasteiger partial charge < -0.3 is 10.6 Å². The van der Waals surface area contributed by atoms with Crippen LogP contribution < -0.4 is 10.6 Å². The number of nitrogens with two attached hydrogens (primary N) is 1. The highest BCUT2D eigenvalue weighted by Gasteiger charge is 2.33. The predicted octanol–water partition coefficient (Wildman–Crippen LogP) is 0.401. The monoisotopic (exact) mass is 244 g/mol. The van der Waals surface area contributed by atoms with E-state index in [1.165, 1.54) is 0 Å². The van der Waals surface area contributed by atoms with Gasteiger partial charge in [0, 0.05) is 24.0 Å². The van der Waals surface area contributed by atoms with Crippen LogP contribution in [0.5, 0.6) is 0 Å². The Balaban J connectivity index is 1.94. The molecule has 1 atom stereocenters. The molecule has 1 aliphatic heterocycles. The normalized spacial score (nSPS) is 19.7. The molecule has 6 nitrogen and oxygen atoms in total. The number of nitrogens with zero attached hydrogens (tertiary/aromatic N) is 2. The molecule has 1 fully saturated rings. The summed E-state index contributed by atoms with van der Waals surface area (Å²) < 4.78 is 0. The van der Waals surface area contributed by atoms with Gasteiger partial charge in [-0.05, 0) is 18.2 Å². The molecule has 0 aliphatic carbocycles. The molecule has 1 aliphatic rings. The van der Waals surface area contributed by atoms with Crippen molar-refractivity contribution in [1.29, 1.82) is 0 Å². The summed E-state index contributed by atoms with van der Waals surface area (Å²) in [6, 6.07) is 5.57. The molecule has 92 valence electrons. The van der Waals surface area contributed by atoms with Gasteiger partial charge >= 0.3 is 0 Å². The van der Waals surface area contributed by atoms with Gasteiger partial charge in [-0.25, -0.2) is 0 Å². The van der Waals surface area contributed by atoms with Crippen molar-refractivity contribution in [3.8, 4) is 0 Å². The smallest absolute Gasteiger partial charge is 0.227 e. The maximum absolute atomic E-state index is 11.9. The zero-order chi connectivity index (χ0) is 12.7. The Morgan fingerprint density at radius 1 is 1.50 bits per heavy atom. The number of anilines is 1. The first-order valence-corrected chi connectivity index (χ1v) is 5.68. The number of rotatable bonds is 2. The predicted molar refractivity (Wildman–Crippen MR) is 65.7 cm³/mol. The lowest BCUT2D eigenvalue weighted by Crippen LogP contribution is -2.28. The number of carbonyl (C=O) groups excluding carboxylic acids is 2. The van der Waals surface area contributed by atoms with Crippen molar-refractivity contribution in [1.82, 2.24) is 10.2 Å². The molecule has 0 spiro atoms. The van der Waals surface area contributed by atoms with E-state index in [1.54, 1.807) is 11.1 Å². The number of nitrogens with one attached hydrogen (secondary N) is 1. The Morgan fingerprint density at radius 3 is 3.06 bits per heavy atom. The molecule has 1 aromatic carbocycles. The Hall–Kier alpha value is -2.37. The molecule has 2 heterocycles. The number of primary amides is 1. The number of fused-ring (bicyclic) bond motifs is 1. The first-order valence-electron chi connectivity index (χ1n) is 5.68. The molecule has 2 amide bonds. The van der Waals surface area contributed by atoms with E-state index in [4.69, 9.17) is 5.73 Å². The van der Waals surface area contributed by atoms with Crippen molar-refractivity contribution in [2.24, 2.45) is 11.7 Å². The average Bonchev–Trinajstić information content (AvgIpc) is 2.93. The van der Waals surface area contributed by atoms with Crippen LogP contribution in [0, 0.1) is 5.92 Å². The van der Waals surface area contributed by atoms with Crippen LogP contribution in [0.25, 0.3) is 10.9 Å². The maximum Gasteiger partial charge on any atom is 0.227 e. The molecule has 0 radical (unpaired) electrons. The summed E-state index contributed by atoms with van der Waals surface area (Å²) in [5.41, 5.74) is 6.93. The van der Waals surface area contributed by atoms with E-state index < -0.39 is 11.8 Å². The number of benzene rings is 1. The molecule has 1 saturated heterocycles. The maximum atomic E-state index is 11.9. The van der Waals surface area contributed by atoms with E-state index in [-0.39, 0.29) is 12.3 Å². The number of hydrogen-bond donors (Lipinski definition) is 2. The third kappa shape index (κ3) is 1.62. The topological polar surface area (TPSA) is 92.1 Å². The van der Waals surface area contributed by atoms with Crippen LogP contribution in [-0.4, -0.2) is 28.6 Å². The zero-order valence-corrected chi connectivity index (χ0v) is 9.59. The van der Waals surface area contributed by atoms with Crippen LogP contribution in [0.3, 0.4) is 0 Å². The summed E-state index contributed by atoms with van der Waals surface area (Å²) in [5.74, 6) is -0.880. The first kappa shape index (κ1) is 10.8. The number of aromatic amines is 1. The summed E-state index contributed by atoms with van der Waals surface area (Å²) in [4.78, 5) is 24.6. The van der Waals surface area contributed by atoms with E-state index in [0.29, 0.717) is 6.54 Å². The van der Waals surface area contributed by atoms with Crippen LogP contribution in [0.2, 0.25) is 0 Å². The molecule has 0 saturated carbocycles. The fourth-order valence-electron chi connectivity index (χ4n) is 2.25. The van der Waals surface area contributed by atoms with Crippen molar-refractivity contribution in [3.63, 3.8) is 0 Å². The second kappa shape index (κ2) is 3.83. The largest absolute Gasteiger partial charge is 0.369 e. The zero-order valence-electron chi connectivity index (χ0n) is 9.59. The summed E-state index contributed by atoms with van der Waals surface area (Å²) in [6.45, 7) is 0.359. The van der Waals surface area contributed by atoms with Gasteiger partial charge in [-0.2, -0.15) is 5.10 Å². The van der Waals surface area contributed by atoms with Crippen LogP contribution in [0.4, 0.5) is 5.69 Å². The van der Waals surface area contributed by atoms with Gasteiger partial charge in [0.05, 0.1) is 17.6 Å². The van der Waals surface area contributed by atoms with Crippen LogP contribution >= 0.6 is 0 Å². The van der Waals surface area contributed by atoms with Gasteiger partial charge in [-0.1, -0.05) is 0 Å². The molecule has 0 bridgehead atoms. The van der Waals surface area contributed by atoms with E-state index in [1.807, 2.05) is 18.2 Å². The standard InChI is InChI=1S/C12H12N4O2/c13-12(18)8-4-11(17)16(6-8)9-1-2-10-7(3-9)5-14-15-10/h1-3,5,8H,4,6H2,(H2,13,18)(H,14,15). The van der Waals surface area contributed by atoms with Crippen LogP contribution in [-0.2, 0) is 9.59 Å². The number of hydrogen-bond acceptors (Lipinski definition) is 3. The number of amides is 2. The highest BCUT2D eigenvalue weighted by atomic mass is 16.2. The van der Waals surface area contributed by atoms with Crippen molar-refractivity contribution in [2.75, 3.05) is 11.4 Å². The van der Waals surface area contributed by atoms with Gasteiger partial charge in [0.15, 0.2) is 0 Å². The average molecular weight is 244 g/mol. The SMILES string of the molecule is NC(=O)C1CC(=O)N(c2ccc3[nH]ncc3c2)C1. The quantitative estimate of drug-likeness (QED) is 0.801. The van der Waals surface area contributed by atoms with E-state index >= 15 is 0 Å². The Bertz CT molecular complexity index is 634. The number of H-pyrrole nitrogens is 1. The third-order valence-electron chi connectivity index (χ3n) is 3.26. The highest BCUT2D eigenvalue weighted by Crippen LogP contribution is 2.27. The molecule has 1 aromatic heterocycles. The molecule has 3 rings (SSSR count). The summed E-state index contributed by atoms with van der Waals surface area (Å²) in [5, 5.41) is 7.71. The molecule has 18 heavy (non-hydrogen) atoms. The van der Waals surface area contributed by atoms with Crippen molar-refractivity contribution in [3.05, 3.63) is 24.4 Å². The Labute approximate surface area is 103 Å². The lowest BCUT2D eigenvalue weighted by atomic mass is 10.1. The molecular formula is C12H12N4O2. The van der Waals surface area contributed by atoms with Crippen LogP contribution in [0.15, 0.2) is 24.4 Å². The summed E-state index contributed by atoms with van der Waals surface area (Å²) in [6.07, 6.45) is 1.89. The molecule has 1 unspecified atom stereocenters. The second-order valence-electron chi connectivity index (χ2n) is 4.45.